The molecular formula is C16H24N2O4. The first-order valence-electron chi connectivity index (χ1n) is 7.66. The van der Waals surface area contributed by atoms with Crippen molar-refractivity contribution in [3.05, 3.63) is 30.3 Å². The summed E-state index contributed by atoms with van der Waals surface area (Å²) in [7, 11) is 0. The van der Waals surface area contributed by atoms with Gasteiger partial charge in [-0.1, -0.05) is 18.2 Å². The molecule has 1 aromatic rings. The number of β-amino-alcohol motifs (C(OH)–C–C–N with tert-alkyl or cyclic N) is 1. The summed E-state index contributed by atoms with van der Waals surface area (Å²) in [6, 6.07) is 9.02. The second kappa shape index (κ2) is 8.12. The lowest BCUT2D eigenvalue weighted by atomic mass is 10.2. The normalized spacial score (nSPS) is 19.3. The fourth-order valence-corrected chi connectivity index (χ4v) is 2.41. The van der Waals surface area contributed by atoms with E-state index in [0.717, 1.165) is 13.0 Å². The lowest BCUT2D eigenvalue weighted by Gasteiger charge is -2.24. The number of hydrogen-bond acceptors (Lipinski definition) is 5. The van der Waals surface area contributed by atoms with Crippen molar-refractivity contribution in [2.45, 2.75) is 25.6 Å². The van der Waals surface area contributed by atoms with Gasteiger partial charge in [0, 0.05) is 32.7 Å². The Bertz CT molecular complexity index is 466. The molecule has 0 radical (unpaired) electrons. The number of para-hydroxylation sites is 1. The van der Waals surface area contributed by atoms with Crippen LogP contribution in [0.3, 0.4) is 0 Å². The zero-order chi connectivity index (χ0) is 15.9. The third-order valence-electron chi connectivity index (χ3n) is 3.80. The number of carbonyl (C=O) groups excluding carboxylic acids is 1. The van der Waals surface area contributed by atoms with E-state index in [-0.39, 0.29) is 6.09 Å². The van der Waals surface area contributed by atoms with Gasteiger partial charge in [0.05, 0.1) is 12.2 Å². The zero-order valence-corrected chi connectivity index (χ0v) is 12.9. The van der Waals surface area contributed by atoms with Crippen LogP contribution in [0.5, 0.6) is 5.75 Å². The summed E-state index contributed by atoms with van der Waals surface area (Å²) < 4.78 is 5.34. The Morgan fingerprint density at radius 1 is 1.18 bits per heavy atom. The van der Waals surface area contributed by atoms with E-state index in [1.807, 2.05) is 18.2 Å². The first-order chi connectivity index (χ1) is 10.6. The number of aliphatic hydroxyl groups excluding tert-OH is 2. The zero-order valence-electron chi connectivity index (χ0n) is 12.9. The highest BCUT2D eigenvalue weighted by Gasteiger charge is 2.23. The molecule has 1 fully saturated rings. The predicted molar refractivity (Wildman–Crippen MR) is 82.8 cm³/mol. The van der Waals surface area contributed by atoms with Gasteiger partial charge in [-0.2, -0.15) is 0 Å². The van der Waals surface area contributed by atoms with Gasteiger partial charge in [0.2, 0.25) is 0 Å². The third kappa shape index (κ3) is 4.98. The van der Waals surface area contributed by atoms with Gasteiger partial charge < -0.3 is 19.8 Å². The lowest BCUT2D eigenvalue weighted by molar-refractivity contribution is 0.00845. The van der Waals surface area contributed by atoms with E-state index >= 15 is 0 Å². The van der Waals surface area contributed by atoms with Gasteiger partial charge in [-0.3, -0.25) is 4.90 Å². The minimum absolute atomic E-state index is 0.343. The molecule has 0 bridgehead atoms. The molecule has 22 heavy (non-hydrogen) atoms. The smallest absolute Gasteiger partial charge is 0.410 e. The quantitative estimate of drug-likeness (QED) is 0.866. The maximum Gasteiger partial charge on any atom is 0.415 e. The molecule has 1 amide bonds. The summed E-state index contributed by atoms with van der Waals surface area (Å²) in [6.45, 7) is 4.63. The number of rotatable bonds is 4. The summed E-state index contributed by atoms with van der Waals surface area (Å²) >= 11 is 0. The Morgan fingerprint density at radius 3 is 2.59 bits per heavy atom. The molecule has 1 aliphatic rings. The molecular weight excluding hydrogens is 284 g/mol. The van der Waals surface area contributed by atoms with Gasteiger partial charge in [-0.05, 0) is 25.5 Å². The van der Waals surface area contributed by atoms with Crippen LogP contribution < -0.4 is 4.74 Å². The Balaban J connectivity index is 1.83. The number of hydrogen-bond donors (Lipinski definition) is 2. The van der Waals surface area contributed by atoms with Crippen molar-refractivity contribution in [3.8, 4) is 5.75 Å². The minimum Gasteiger partial charge on any atom is -0.410 e. The van der Waals surface area contributed by atoms with Crippen LogP contribution in [0.1, 0.15) is 13.3 Å². The molecule has 0 spiro atoms. The first kappa shape index (κ1) is 16.7. The maximum absolute atomic E-state index is 12.2. The summed E-state index contributed by atoms with van der Waals surface area (Å²) in [5.74, 6) is 0.540. The van der Waals surface area contributed by atoms with Crippen molar-refractivity contribution in [1.29, 1.82) is 0 Å². The van der Waals surface area contributed by atoms with Gasteiger partial charge >= 0.3 is 6.09 Å². The SMILES string of the molecule is CC(O)C(O)CN1CCCN(C(=O)Oc2ccccc2)CC1. The van der Waals surface area contributed by atoms with E-state index in [9.17, 15) is 15.0 Å². The van der Waals surface area contributed by atoms with Crippen molar-refractivity contribution in [2.24, 2.45) is 0 Å². The fourth-order valence-electron chi connectivity index (χ4n) is 2.41. The summed E-state index contributed by atoms with van der Waals surface area (Å²) in [5, 5.41) is 19.1. The van der Waals surface area contributed by atoms with Gasteiger partial charge in [-0.15, -0.1) is 0 Å². The molecule has 0 aromatic heterocycles. The first-order valence-corrected chi connectivity index (χ1v) is 7.66. The van der Waals surface area contributed by atoms with E-state index in [2.05, 4.69) is 4.90 Å². The topological polar surface area (TPSA) is 73.2 Å². The van der Waals surface area contributed by atoms with Crippen molar-refractivity contribution in [2.75, 3.05) is 32.7 Å². The van der Waals surface area contributed by atoms with Crippen LogP contribution in [0.2, 0.25) is 0 Å². The maximum atomic E-state index is 12.2. The molecule has 6 heteroatoms. The minimum atomic E-state index is -0.761. The fraction of sp³-hybridized carbons (Fsp3) is 0.562. The van der Waals surface area contributed by atoms with Crippen LogP contribution in [0.15, 0.2) is 30.3 Å². The van der Waals surface area contributed by atoms with E-state index in [4.69, 9.17) is 4.74 Å². The van der Waals surface area contributed by atoms with Crippen LogP contribution in [0.4, 0.5) is 4.79 Å². The molecule has 2 rings (SSSR count). The van der Waals surface area contributed by atoms with Crippen LogP contribution in [-0.2, 0) is 0 Å². The van der Waals surface area contributed by atoms with Gasteiger partial charge in [0.15, 0.2) is 0 Å². The Kier molecular flexibility index (Phi) is 6.18. The van der Waals surface area contributed by atoms with Crippen LogP contribution in [-0.4, -0.2) is 71.0 Å². The molecule has 1 aromatic carbocycles. The highest BCUT2D eigenvalue weighted by atomic mass is 16.6. The van der Waals surface area contributed by atoms with Crippen molar-refractivity contribution < 1.29 is 19.7 Å². The molecule has 0 saturated carbocycles. The number of ether oxygens (including phenoxy) is 1. The molecule has 1 heterocycles. The molecule has 6 nitrogen and oxygen atoms in total. The second-order valence-corrected chi connectivity index (χ2v) is 5.63. The van der Waals surface area contributed by atoms with Crippen molar-refractivity contribution >= 4 is 6.09 Å². The Labute approximate surface area is 130 Å². The number of amides is 1. The highest BCUT2D eigenvalue weighted by molar-refractivity contribution is 5.70. The monoisotopic (exact) mass is 308 g/mol. The summed E-state index contributed by atoms with van der Waals surface area (Å²) in [4.78, 5) is 15.9. The Morgan fingerprint density at radius 2 is 1.91 bits per heavy atom. The summed E-state index contributed by atoms with van der Waals surface area (Å²) in [6.07, 6.45) is -1.04. The lowest BCUT2D eigenvalue weighted by Crippen LogP contribution is -2.41. The standard InChI is InChI=1S/C16H24N2O4/c1-13(19)15(20)12-17-8-5-9-18(11-10-17)16(21)22-14-6-3-2-4-7-14/h2-4,6-7,13,15,19-20H,5,8-12H2,1H3. The number of aliphatic hydroxyl groups is 2. The highest BCUT2D eigenvalue weighted by Crippen LogP contribution is 2.12. The molecule has 2 N–H and O–H groups in total. The van der Waals surface area contributed by atoms with E-state index in [0.29, 0.717) is 31.9 Å². The molecule has 1 aliphatic heterocycles. The van der Waals surface area contributed by atoms with E-state index in [1.165, 1.54) is 0 Å². The predicted octanol–water partition coefficient (Wildman–Crippen LogP) is 0.935. The van der Waals surface area contributed by atoms with Crippen molar-refractivity contribution in [3.63, 3.8) is 0 Å². The van der Waals surface area contributed by atoms with E-state index in [1.54, 1.807) is 24.0 Å². The number of nitrogens with zero attached hydrogens (tertiary/aromatic N) is 2. The second-order valence-electron chi connectivity index (χ2n) is 5.63. The van der Waals surface area contributed by atoms with Crippen LogP contribution in [0.25, 0.3) is 0 Å². The molecule has 0 aliphatic carbocycles. The largest absolute Gasteiger partial charge is 0.415 e. The van der Waals surface area contributed by atoms with E-state index < -0.39 is 12.2 Å². The van der Waals surface area contributed by atoms with Gasteiger partial charge in [0.25, 0.3) is 0 Å². The molecule has 2 atom stereocenters. The number of benzene rings is 1. The van der Waals surface area contributed by atoms with Gasteiger partial charge in [0.1, 0.15) is 5.75 Å². The molecule has 122 valence electrons. The van der Waals surface area contributed by atoms with Crippen molar-refractivity contribution in [1.82, 2.24) is 9.80 Å². The van der Waals surface area contributed by atoms with Crippen LogP contribution in [0, 0.1) is 0 Å². The number of carbonyl (C=O) groups is 1. The van der Waals surface area contributed by atoms with Gasteiger partial charge in [-0.25, -0.2) is 4.79 Å². The average molecular weight is 308 g/mol. The average Bonchev–Trinajstić information content (AvgIpc) is 2.74. The molecule has 2 unspecified atom stereocenters. The summed E-state index contributed by atoms with van der Waals surface area (Å²) in [5.41, 5.74) is 0. The Hall–Kier alpha value is -1.63. The van der Waals surface area contributed by atoms with Crippen LogP contribution >= 0.6 is 0 Å². The molecule has 1 saturated heterocycles. The third-order valence-corrected chi connectivity index (χ3v) is 3.80.